The Morgan fingerprint density at radius 1 is 0.714 bits per heavy atom. The minimum atomic E-state index is -3.25. The number of hydrogen-bond acceptors (Lipinski definition) is 2. The minimum Gasteiger partial charge on any atom is -0.224 e. The number of fused-ring (bicyclic) bond motifs is 1. The summed E-state index contributed by atoms with van der Waals surface area (Å²) in [4.78, 5) is 0.400. The molecule has 106 valence electrons. The summed E-state index contributed by atoms with van der Waals surface area (Å²) in [5.74, 6) is 0.134. The number of aryl methyl sites for hydroxylation is 1. The van der Waals surface area contributed by atoms with Gasteiger partial charge < -0.3 is 0 Å². The molecular weight excluding hydrogens is 280 g/mol. The van der Waals surface area contributed by atoms with E-state index in [0.717, 1.165) is 16.3 Å². The van der Waals surface area contributed by atoms with Gasteiger partial charge >= 0.3 is 0 Å². The van der Waals surface area contributed by atoms with Crippen LogP contribution in [0.4, 0.5) is 0 Å². The predicted molar refractivity (Wildman–Crippen MR) is 86.1 cm³/mol. The van der Waals surface area contributed by atoms with Gasteiger partial charge in [0.2, 0.25) is 0 Å². The van der Waals surface area contributed by atoms with E-state index < -0.39 is 9.84 Å². The van der Waals surface area contributed by atoms with Crippen LogP contribution in [0.25, 0.3) is 10.8 Å². The van der Waals surface area contributed by atoms with Gasteiger partial charge in [-0.25, -0.2) is 8.42 Å². The normalized spacial score (nSPS) is 11.6. The monoisotopic (exact) mass is 296 g/mol. The van der Waals surface area contributed by atoms with Crippen LogP contribution in [0.15, 0.2) is 77.7 Å². The van der Waals surface area contributed by atoms with E-state index in [4.69, 9.17) is 0 Å². The average molecular weight is 296 g/mol. The number of benzene rings is 3. The van der Waals surface area contributed by atoms with E-state index in [1.165, 1.54) is 0 Å². The fourth-order valence-electron chi connectivity index (χ4n) is 2.38. The van der Waals surface area contributed by atoms with E-state index in [0.29, 0.717) is 11.3 Å². The van der Waals surface area contributed by atoms with E-state index in [9.17, 15) is 8.42 Å². The van der Waals surface area contributed by atoms with Crippen LogP contribution in [0.5, 0.6) is 0 Å². The lowest BCUT2D eigenvalue weighted by molar-refractivity contribution is 0.595. The lowest BCUT2D eigenvalue weighted by atomic mass is 10.1. The summed E-state index contributed by atoms with van der Waals surface area (Å²) in [5, 5.41) is 2.01. The van der Waals surface area contributed by atoms with Gasteiger partial charge in [0.1, 0.15) is 0 Å². The Morgan fingerprint density at radius 2 is 1.38 bits per heavy atom. The molecule has 2 nitrogen and oxygen atoms in total. The first-order valence-corrected chi connectivity index (χ1v) is 8.56. The molecule has 0 radical (unpaired) electrons. The second kappa shape index (κ2) is 5.70. The van der Waals surface area contributed by atoms with Crippen LogP contribution in [-0.2, 0) is 16.3 Å². The van der Waals surface area contributed by atoms with Crippen molar-refractivity contribution in [3.05, 3.63) is 78.4 Å². The third kappa shape index (κ3) is 3.14. The van der Waals surface area contributed by atoms with Gasteiger partial charge in [-0.15, -0.1) is 0 Å². The maximum atomic E-state index is 12.4. The Labute approximate surface area is 125 Å². The molecule has 0 aliphatic heterocycles. The number of rotatable bonds is 4. The molecule has 0 amide bonds. The molecule has 3 aromatic rings. The molecule has 0 unspecified atom stereocenters. The van der Waals surface area contributed by atoms with Gasteiger partial charge in [-0.3, -0.25) is 0 Å². The molecule has 0 N–H and O–H groups in total. The highest BCUT2D eigenvalue weighted by molar-refractivity contribution is 7.91. The van der Waals surface area contributed by atoms with Crippen molar-refractivity contribution >= 4 is 20.6 Å². The Hall–Kier alpha value is -2.13. The first-order chi connectivity index (χ1) is 10.1. The van der Waals surface area contributed by atoms with Crippen molar-refractivity contribution in [1.82, 2.24) is 0 Å². The van der Waals surface area contributed by atoms with Crippen molar-refractivity contribution < 1.29 is 8.42 Å². The quantitative estimate of drug-likeness (QED) is 0.732. The zero-order chi connectivity index (χ0) is 14.7. The molecule has 0 spiro atoms. The zero-order valence-electron chi connectivity index (χ0n) is 11.6. The van der Waals surface area contributed by atoms with Crippen LogP contribution in [-0.4, -0.2) is 14.2 Å². The summed E-state index contributed by atoms with van der Waals surface area (Å²) in [6.07, 6.45) is 0.538. The molecular formula is C18H16O2S. The predicted octanol–water partition coefficient (Wildman–Crippen LogP) is 3.86. The van der Waals surface area contributed by atoms with Crippen molar-refractivity contribution in [2.45, 2.75) is 11.3 Å². The summed E-state index contributed by atoms with van der Waals surface area (Å²) < 4.78 is 24.9. The van der Waals surface area contributed by atoms with Gasteiger partial charge in [-0.1, -0.05) is 60.7 Å². The first-order valence-electron chi connectivity index (χ1n) is 6.91. The smallest absolute Gasteiger partial charge is 0.178 e. The van der Waals surface area contributed by atoms with Crippen molar-refractivity contribution in [3.8, 4) is 0 Å². The lowest BCUT2D eigenvalue weighted by Gasteiger charge is -2.06. The molecule has 3 rings (SSSR count). The molecule has 0 aliphatic rings. The Kier molecular flexibility index (Phi) is 3.76. The van der Waals surface area contributed by atoms with Crippen molar-refractivity contribution in [2.24, 2.45) is 0 Å². The molecule has 0 heterocycles. The standard InChI is InChI=1S/C18H16O2S/c19-21(20,13-12-15-6-2-1-3-7-15)18-11-10-16-8-4-5-9-17(16)14-18/h1-11,14H,12-13H2. The van der Waals surface area contributed by atoms with Gasteiger partial charge in [0, 0.05) is 0 Å². The van der Waals surface area contributed by atoms with E-state index >= 15 is 0 Å². The molecule has 0 aromatic heterocycles. The van der Waals surface area contributed by atoms with Crippen LogP contribution in [0, 0.1) is 0 Å². The van der Waals surface area contributed by atoms with Crippen LogP contribution < -0.4 is 0 Å². The summed E-state index contributed by atoms with van der Waals surface area (Å²) in [6.45, 7) is 0. The van der Waals surface area contributed by atoms with E-state index in [-0.39, 0.29) is 5.75 Å². The van der Waals surface area contributed by atoms with Crippen molar-refractivity contribution in [1.29, 1.82) is 0 Å². The molecule has 0 bridgehead atoms. The van der Waals surface area contributed by atoms with Crippen LogP contribution in [0.3, 0.4) is 0 Å². The maximum absolute atomic E-state index is 12.4. The Balaban J connectivity index is 1.86. The third-order valence-electron chi connectivity index (χ3n) is 3.58. The second-order valence-electron chi connectivity index (χ2n) is 5.06. The van der Waals surface area contributed by atoms with Gasteiger partial charge in [0.25, 0.3) is 0 Å². The summed E-state index contributed by atoms with van der Waals surface area (Å²) in [6, 6.07) is 22.8. The Morgan fingerprint density at radius 3 is 2.14 bits per heavy atom. The average Bonchev–Trinajstić information content (AvgIpc) is 2.53. The topological polar surface area (TPSA) is 34.1 Å². The fourth-order valence-corrected chi connectivity index (χ4v) is 3.70. The summed E-state index contributed by atoms with van der Waals surface area (Å²) in [5.41, 5.74) is 1.04. The zero-order valence-corrected chi connectivity index (χ0v) is 12.4. The SMILES string of the molecule is O=S(=O)(CCc1ccccc1)c1ccc2ccccc2c1. The first kappa shape index (κ1) is 13.8. The lowest BCUT2D eigenvalue weighted by Crippen LogP contribution is -2.09. The highest BCUT2D eigenvalue weighted by Crippen LogP contribution is 2.20. The molecule has 0 saturated carbocycles. The van der Waals surface area contributed by atoms with Gasteiger partial charge in [0.05, 0.1) is 10.6 Å². The van der Waals surface area contributed by atoms with Crippen molar-refractivity contribution in [3.63, 3.8) is 0 Å². The molecule has 3 heteroatoms. The van der Waals surface area contributed by atoms with Gasteiger partial charge in [-0.05, 0) is 34.9 Å². The molecule has 3 aromatic carbocycles. The fraction of sp³-hybridized carbons (Fsp3) is 0.111. The minimum absolute atomic E-state index is 0.134. The highest BCUT2D eigenvalue weighted by atomic mass is 32.2. The van der Waals surface area contributed by atoms with Crippen LogP contribution in [0.1, 0.15) is 5.56 Å². The van der Waals surface area contributed by atoms with Gasteiger partial charge in [0.15, 0.2) is 9.84 Å². The van der Waals surface area contributed by atoms with E-state index in [2.05, 4.69) is 0 Å². The van der Waals surface area contributed by atoms with Crippen molar-refractivity contribution in [2.75, 3.05) is 5.75 Å². The van der Waals surface area contributed by atoms with Gasteiger partial charge in [-0.2, -0.15) is 0 Å². The maximum Gasteiger partial charge on any atom is 0.178 e. The highest BCUT2D eigenvalue weighted by Gasteiger charge is 2.14. The van der Waals surface area contributed by atoms with Crippen LogP contribution >= 0.6 is 0 Å². The van der Waals surface area contributed by atoms with E-state index in [1.807, 2.05) is 60.7 Å². The number of hydrogen-bond donors (Lipinski definition) is 0. The molecule has 0 aliphatic carbocycles. The number of sulfone groups is 1. The summed E-state index contributed by atoms with van der Waals surface area (Å²) >= 11 is 0. The molecule has 0 fully saturated rings. The largest absolute Gasteiger partial charge is 0.224 e. The molecule has 21 heavy (non-hydrogen) atoms. The van der Waals surface area contributed by atoms with E-state index in [1.54, 1.807) is 12.1 Å². The molecule has 0 atom stereocenters. The second-order valence-corrected chi connectivity index (χ2v) is 7.17. The summed E-state index contributed by atoms with van der Waals surface area (Å²) in [7, 11) is -3.25. The third-order valence-corrected chi connectivity index (χ3v) is 5.30. The molecule has 0 saturated heterocycles. The Bertz CT molecular complexity index is 853. The van der Waals surface area contributed by atoms with Crippen LogP contribution in [0.2, 0.25) is 0 Å².